The minimum atomic E-state index is -0.939. The van der Waals surface area contributed by atoms with Crippen LogP contribution in [-0.4, -0.2) is 35.5 Å². The van der Waals surface area contributed by atoms with E-state index in [-0.39, 0.29) is 6.42 Å². The fourth-order valence-corrected chi connectivity index (χ4v) is 1.34. The molecule has 0 amide bonds. The van der Waals surface area contributed by atoms with E-state index < -0.39 is 18.2 Å². The Morgan fingerprint density at radius 2 is 2.07 bits per heavy atom. The zero-order valence-corrected chi connectivity index (χ0v) is 8.90. The molecule has 4 nitrogen and oxygen atoms in total. The van der Waals surface area contributed by atoms with Crippen molar-refractivity contribution < 1.29 is 19.7 Å². The van der Waals surface area contributed by atoms with Gasteiger partial charge in [0.1, 0.15) is 0 Å². The van der Waals surface area contributed by atoms with Gasteiger partial charge in [0.05, 0.1) is 18.6 Å². The summed E-state index contributed by atoms with van der Waals surface area (Å²) < 4.78 is 4.92. The predicted molar refractivity (Wildman–Crippen MR) is 53.2 cm³/mol. The highest BCUT2D eigenvalue weighted by Gasteiger charge is 2.20. The van der Waals surface area contributed by atoms with Gasteiger partial charge >= 0.3 is 5.97 Å². The third-order valence-electron chi connectivity index (χ3n) is 2.21. The van der Waals surface area contributed by atoms with Crippen molar-refractivity contribution in [3.05, 3.63) is 0 Å². The summed E-state index contributed by atoms with van der Waals surface area (Å²) in [5.74, 6) is -0.939. The van der Waals surface area contributed by atoms with E-state index in [1.165, 1.54) is 7.11 Å². The van der Waals surface area contributed by atoms with Crippen molar-refractivity contribution in [3.8, 4) is 0 Å². The van der Waals surface area contributed by atoms with E-state index in [0.29, 0.717) is 6.42 Å². The third kappa shape index (κ3) is 5.94. The second kappa shape index (κ2) is 7.76. The number of carboxylic acids is 1. The molecular formula is C10H20O4. The number of ether oxygens (including phenoxy) is 1. The van der Waals surface area contributed by atoms with Gasteiger partial charge in [0, 0.05) is 7.11 Å². The van der Waals surface area contributed by atoms with Crippen LogP contribution in [0.1, 0.15) is 39.0 Å². The van der Waals surface area contributed by atoms with Crippen molar-refractivity contribution in [1.29, 1.82) is 0 Å². The maximum Gasteiger partial charge on any atom is 0.306 e. The van der Waals surface area contributed by atoms with Crippen LogP contribution in [0.3, 0.4) is 0 Å². The van der Waals surface area contributed by atoms with Gasteiger partial charge in [-0.25, -0.2) is 0 Å². The topological polar surface area (TPSA) is 66.8 Å². The van der Waals surface area contributed by atoms with Crippen molar-refractivity contribution in [2.45, 2.75) is 51.2 Å². The lowest BCUT2D eigenvalue weighted by Crippen LogP contribution is -2.30. The molecule has 0 bridgehead atoms. The molecular weight excluding hydrogens is 184 g/mol. The molecule has 0 aromatic carbocycles. The van der Waals surface area contributed by atoms with Gasteiger partial charge in [0.15, 0.2) is 0 Å². The van der Waals surface area contributed by atoms with Crippen LogP contribution in [0.4, 0.5) is 0 Å². The van der Waals surface area contributed by atoms with Crippen LogP contribution in [0, 0.1) is 0 Å². The van der Waals surface area contributed by atoms with Crippen LogP contribution in [0.15, 0.2) is 0 Å². The maximum absolute atomic E-state index is 10.4. The van der Waals surface area contributed by atoms with E-state index in [0.717, 1.165) is 19.3 Å². The predicted octanol–water partition coefficient (Wildman–Crippen LogP) is 1.42. The molecule has 2 N–H and O–H groups in total. The first-order valence-electron chi connectivity index (χ1n) is 5.04. The second-order valence-electron chi connectivity index (χ2n) is 3.44. The summed E-state index contributed by atoms with van der Waals surface area (Å²) in [7, 11) is 1.43. The van der Waals surface area contributed by atoms with Crippen LogP contribution in [-0.2, 0) is 9.53 Å². The minimum absolute atomic E-state index is 0.135. The van der Waals surface area contributed by atoms with Crippen molar-refractivity contribution in [2.75, 3.05) is 7.11 Å². The largest absolute Gasteiger partial charge is 0.481 e. The number of hydrogen-bond acceptors (Lipinski definition) is 3. The molecule has 0 rings (SSSR count). The Hall–Kier alpha value is -0.610. The highest BCUT2D eigenvalue weighted by Crippen LogP contribution is 2.11. The molecule has 0 spiro atoms. The van der Waals surface area contributed by atoms with Gasteiger partial charge in [-0.3, -0.25) is 4.79 Å². The molecule has 2 atom stereocenters. The third-order valence-corrected chi connectivity index (χ3v) is 2.21. The lowest BCUT2D eigenvalue weighted by Gasteiger charge is -2.19. The van der Waals surface area contributed by atoms with Gasteiger partial charge in [0.25, 0.3) is 0 Å². The molecule has 0 fully saturated rings. The number of methoxy groups -OCH3 is 1. The van der Waals surface area contributed by atoms with Gasteiger partial charge in [0.2, 0.25) is 0 Å². The highest BCUT2D eigenvalue weighted by molar-refractivity contribution is 5.67. The fraction of sp³-hybridized carbons (Fsp3) is 0.900. The summed E-state index contributed by atoms with van der Waals surface area (Å²) in [6.07, 6.45) is 2.29. The van der Waals surface area contributed by atoms with Crippen molar-refractivity contribution >= 4 is 5.97 Å². The summed E-state index contributed by atoms with van der Waals surface area (Å²) in [5, 5.41) is 18.1. The van der Waals surface area contributed by atoms with Crippen molar-refractivity contribution in [2.24, 2.45) is 0 Å². The Labute approximate surface area is 84.9 Å². The quantitative estimate of drug-likeness (QED) is 0.587. The maximum atomic E-state index is 10.4. The fourth-order valence-electron chi connectivity index (χ4n) is 1.34. The molecule has 14 heavy (non-hydrogen) atoms. The zero-order chi connectivity index (χ0) is 11.0. The molecule has 0 radical (unpaired) electrons. The Morgan fingerprint density at radius 1 is 1.43 bits per heavy atom. The number of hydrogen-bond donors (Lipinski definition) is 2. The normalized spacial score (nSPS) is 15.1. The van der Waals surface area contributed by atoms with E-state index in [4.69, 9.17) is 9.84 Å². The van der Waals surface area contributed by atoms with Crippen LogP contribution < -0.4 is 0 Å². The molecule has 0 aromatic heterocycles. The molecule has 0 saturated heterocycles. The van der Waals surface area contributed by atoms with E-state index in [1.807, 2.05) is 0 Å². The van der Waals surface area contributed by atoms with Gasteiger partial charge in [-0.05, 0) is 6.42 Å². The number of aliphatic hydroxyl groups excluding tert-OH is 1. The number of carboxylic acid groups (broad SMARTS) is 1. The Morgan fingerprint density at radius 3 is 2.50 bits per heavy atom. The van der Waals surface area contributed by atoms with E-state index in [2.05, 4.69) is 6.92 Å². The molecule has 2 unspecified atom stereocenters. The monoisotopic (exact) mass is 204 g/mol. The average molecular weight is 204 g/mol. The van der Waals surface area contributed by atoms with Crippen molar-refractivity contribution in [3.63, 3.8) is 0 Å². The smallest absolute Gasteiger partial charge is 0.306 e. The van der Waals surface area contributed by atoms with Gasteiger partial charge in [-0.15, -0.1) is 0 Å². The summed E-state index contributed by atoms with van der Waals surface area (Å²) >= 11 is 0. The Balaban J connectivity index is 3.78. The lowest BCUT2D eigenvalue weighted by atomic mass is 10.0. The molecule has 4 heteroatoms. The molecule has 0 saturated carbocycles. The second-order valence-corrected chi connectivity index (χ2v) is 3.44. The summed E-state index contributed by atoms with van der Waals surface area (Å²) in [4.78, 5) is 10.4. The van der Waals surface area contributed by atoms with E-state index in [9.17, 15) is 9.90 Å². The van der Waals surface area contributed by atoms with E-state index >= 15 is 0 Å². The van der Waals surface area contributed by atoms with Crippen LogP contribution >= 0.6 is 0 Å². The number of aliphatic carboxylic acids is 1. The number of unbranched alkanes of at least 4 members (excludes halogenated alkanes) is 2. The van der Waals surface area contributed by atoms with Gasteiger partial charge in [-0.1, -0.05) is 26.2 Å². The zero-order valence-electron chi connectivity index (χ0n) is 8.90. The highest BCUT2D eigenvalue weighted by atomic mass is 16.5. The summed E-state index contributed by atoms with van der Waals surface area (Å²) in [6, 6.07) is 0. The standard InChI is InChI=1S/C10H20O4/c1-3-4-5-6-8(11)9(14-2)7-10(12)13/h8-9,11H,3-7H2,1-2H3,(H,12,13). The number of aliphatic hydroxyl groups is 1. The molecule has 84 valence electrons. The Kier molecular flexibility index (Phi) is 7.42. The van der Waals surface area contributed by atoms with Gasteiger partial charge in [-0.2, -0.15) is 0 Å². The van der Waals surface area contributed by atoms with Crippen molar-refractivity contribution in [1.82, 2.24) is 0 Å². The van der Waals surface area contributed by atoms with Gasteiger partial charge < -0.3 is 14.9 Å². The molecule has 0 aromatic rings. The van der Waals surface area contributed by atoms with E-state index in [1.54, 1.807) is 0 Å². The van der Waals surface area contributed by atoms with Crippen LogP contribution in [0.5, 0.6) is 0 Å². The van der Waals surface area contributed by atoms with Crippen LogP contribution in [0.25, 0.3) is 0 Å². The van der Waals surface area contributed by atoms with Crippen LogP contribution in [0.2, 0.25) is 0 Å². The first-order valence-corrected chi connectivity index (χ1v) is 5.04. The SMILES string of the molecule is CCCCCC(O)C(CC(=O)O)OC. The molecule has 0 aliphatic rings. The molecule has 0 heterocycles. The Bertz CT molecular complexity index is 158. The minimum Gasteiger partial charge on any atom is -0.481 e. The average Bonchev–Trinajstić information content (AvgIpc) is 2.14. The number of carbonyl (C=O) groups is 1. The summed E-state index contributed by atoms with van der Waals surface area (Å²) in [5.41, 5.74) is 0. The first-order chi connectivity index (χ1) is 6.61. The lowest BCUT2D eigenvalue weighted by molar-refractivity contribution is -0.142. The summed E-state index contributed by atoms with van der Waals surface area (Å²) in [6.45, 7) is 2.08. The first kappa shape index (κ1) is 13.4. The molecule has 0 aliphatic heterocycles. The number of rotatable bonds is 8. The molecule has 0 aliphatic carbocycles.